The van der Waals surface area contributed by atoms with E-state index in [9.17, 15) is 13.2 Å². The van der Waals surface area contributed by atoms with Crippen molar-refractivity contribution in [3.05, 3.63) is 35.4 Å². The van der Waals surface area contributed by atoms with Crippen molar-refractivity contribution in [2.24, 2.45) is 0 Å². The molecule has 0 bridgehead atoms. The summed E-state index contributed by atoms with van der Waals surface area (Å²) in [6, 6.07) is 6.83. The van der Waals surface area contributed by atoms with Crippen LogP contribution >= 0.6 is 0 Å². The van der Waals surface area contributed by atoms with Crippen LogP contribution in [0.25, 0.3) is 0 Å². The molecule has 0 spiro atoms. The van der Waals surface area contributed by atoms with E-state index in [1.54, 1.807) is 6.07 Å². The van der Waals surface area contributed by atoms with Gasteiger partial charge in [-0.15, -0.1) is 0 Å². The van der Waals surface area contributed by atoms with Crippen molar-refractivity contribution in [3.63, 3.8) is 0 Å². The summed E-state index contributed by atoms with van der Waals surface area (Å²) < 4.78 is 44.0. The van der Waals surface area contributed by atoms with Gasteiger partial charge < -0.3 is 4.43 Å². The Morgan fingerprint density at radius 1 is 1.22 bits per heavy atom. The Bertz CT molecular complexity index is 460. The Morgan fingerprint density at radius 2 is 1.78 bits per heavy atom. The van der Waals surface area contributed by atoms with Crippen LogP contribution < -0.4 is 0 Å². The Labute approximate surface area is 105 Å². The van der Waals surface area contributed by atoms with Crippen LogP contribution in [-0.2, 0) is 10.6 Å². The van der Waals surface area contributed by atoms with Gasteiger partial charge in [0.25, 0.3) is 0 Å². The smallest absolute Gasteiger partial charge is 0.399 e. The highest BCUT2D eigenvalue weighted by Gasteiger charge is 2.36. The van der Waals surface area contributed by atoms with Gasteiger partial charge in [0.2, 0.25) is 0 Å². The maximum Gasteiger partial charge on any atom is 0.416 e. The normalized spacial score (nSPS) is 14.1. The third kappa shape index (κ3) is 3.86. The van der Waals surface area contributed by atoms with Gasteiger partial charge in [-0.2, -0.15) is 18.4 Å². The van der Waals surface area contributed by atoms with Crippen molar-refractivity contribution in [1.82, 2.24) is 0 Å². The van der Waals surface area contributed by atoms with Crippen LogP contribution in [0.3, 0.4) is 0 Å². The molecule has 18 heavy (non-hydrogen) atoms. The maximum absolute atomic E-state index is 12.8. The number of nitriles is 1. The number of halogens is 3. The summed E-state index contributed by atoms with van der Waals surface area (Å²) in [6.07, 6.45) is -5.65. The van der Waals surface area contributed by atoms with Crippen LogP contribution in [0.2, 0.25) is 19.6 Å². The third-order valence-corrected chi connectivity index (χ3v) is 3.08. The molecule has 0 heterocycles. The molecule has 0 aliphatic heterocycles. The lowest BCUT2D eigenvalue weighted by Crippen LogP contribution is -2.28. The molecular formula is C12H14F3NOSi. The van der Waals surface area contributed by atoms with Gasteiger partial charge in [0.1, 0.15) is 0 Å². The lowest BCUT2D eigenvalue weighted by molar-refractivity contribution is -0.138. The first-order valence-corrected chi connectivity index (χ1v) is 8.79. The molecule has 0 amide bonds. The molecular weight excluding hydrogens is 259 g/mol. The SMILES string of the molecule is C[Si](C)(C)OC(C#N)c1ccccc1C(F)(F)F. The first-order chi connectivity index (χ1) is 8.15. The Balaban J connectivity index is 3.20. The highest BCUT2D eigenvalue weighted by molar-refractivity contribution is 6.69. The van der Waals surface area contributed by atoms with Crippen molar-refractivity contribution >= 4 is 8.32 Å². The minimum atomic E-state index is -4.48. The predicted molar refractivity (Wildman–Crippen MR) is 64.2 cm³/mol. The topological polar surface area (TPSA) is 33.0 Å². The maximum atomic E-state index is 12.8. The van der Waals surface area contributed by atoms with Crippen LogP contribution in [0.1, 0.15) is 17.2 Å². The summed E-state index contributed by atoms with van der Waals surface area (Å²) in [4.78, 5) is 0. The van der Waals surface area contributed by atoms with Crippen molar-refractivity contribution in [1.29, 1.82) is 5.26 Å². The van der Waals surface area contributed by atoms with Crippen LogP contribution in [0, 0.1) is 11.3 Å². The summed E-state index contributed by atoms with van der Waals surface area (Å²) in [7, 11) is -2.10. The summed E-state index contributed by atoms with van der Waals surface area (Å²) in [5.74, 6) is 0. The molecule has 1 atom stereocenters. The van der Waals surface area contributed by atoms with Crippen molar-refractivity contribution < 1.29 is 17.6 Å². The molecule has 0 radical (unpaired) electrons. The molecule has 0 saturated carbocycles. The average Bonchev–Trinajstić information content (AvgIpc) is 2.23. The van der Waals surface area contributed by atoms with E-state index in [0.29, 0.717) is 0 Å². The summed E-state index contributed by atoms with van der Waals surface area (Å²) in [6.45, 7) is 5.48. The molecule has 1 rings (SSSR count). The van der Waals surface area contributed by atoms with Gasteiger partial charge in [-0.1, -0.05) is 18.2 Å². The zero-order chi connectivity index (χ0) is 14.0. The second-order valence-corrected chi connectivity index (χ2v) is 9.28. The molecule has 0 N–H and O–H groups in total. The number of hydrogen-bond acceptors (Lipinski definition) is 2. The first-order valence-electron chi connectivity index (χ1n) is 5.39. The van der Waals surface area contributed by atoms with Gasteiger partial charge in [-0.05, 0) is 25.7 Å². The van der Waals surface area contributed by atoms with E-state index in [1.807, 2.05) is 19.6 Å². The number of hydrogen-bond donors (Lipinski definition) is 0. The van der Waals surface area contributed by atoms with E-state index in [2.05, 4.69) is 0 Å². The van der Waals surface area contributed by atoms with Gasteiger partial charge in [-0.3, -0.25) is 0 Å². The van der Waals surface area contributed by atoms with E-state index in [4.69, 9.17) is 9.69 Å². The third-order valence-electron chi connectivity index (χ3n) is 2.14. The van der Waals surface area contributed by atoms with Crippen LogP contribution in [0.15, 0.2) is 24.3 Å². The molecule has 0 saturated heterocycles. The Morgan fingerprint density at radius 3 is 2.22 bits per heavy atom. The lowest BCUT2D eigenvalue weighted by atomic mass is 10.0. The molecule has 1 unspecified atom stereocenters. The van der Waals surface area contributed by atoms with E-state index in [0.717, 1.165) is 6.07 Å². The molecule has 0 aromatic heterocycles. The molecule has 1 aromatic rings. The largest absolute Gasteiger partial charge is 0.416 e. The van der Waals surface area contributed by atoms with Gasteiger partial charge in [0.05, 0.1) is 11.6 Å². The van der Waals surface area contributed by atoms with E-state index < -0.39 is 26.2 Å². The fourth-order valence-corrected chi connectivity index (χ4v) is 2.38. The summed E-state index contributed by atoms with van der Waals surface area (Å²) in [5, 5.41) is 9.01. The van der Waals surface area contributed by atoms with Gasteiger partial charge in [-0.25, -0.2) is 0 Å². The predicted octanol–water partition coefficient (Wildman–Crippen LogP) is 4.12. The standard InChI is InChI=1S/C12H14F3NOSi/c1-18(2,3)17-11(8-16)9-6-4-5-7-10(9)12(13,14)15/h4-7,11H,1-3H3. The van der Waals surface area contributed by atoms with Crippen molar-refractivity contribution in [3.8, 4) is 6.07 Å². The molecule has 0 aliphatic rings. The molecule has 2 nitrogen and oxygen atoms in total. The van der Waals surface area contributed by atoms with Gasteiger partial charge in [0, 0.05) is 5.56 Å². The zero-order valence-electron chi connectivity index (χ0n) is 10.4. The highest BCUT2D eigenvalue weighted by atomic mass is 28.4. The van der Waals surface area contributed by atoms with E-state index >= 15 is 0 Å². The second kappa shape index (κ2) is 5.12. The van der Waals surface area contributed by atoms with E-state index in [1.165, 1.54) is 18.2 Å². The Hall–Kier alpha value is -1.32. The molecule has 0 fully saturated rings. The fraction of sp³-hybridized carbons (Fsp3) is 0.417. The van der Waals surface area contributed by atoms with Crippen LogP contribution in [0.5, 0.6) is 0 Å². The number of alkyl halides is 3. The molecule has 98 valence electrons. The second-order valence-electron chi connectivity index (χ2n) is 4.82. The quantitative estimate of drug-likeness (QED) is 0.776. The summed E-state index contributed by atoms with van der Waals surface area (Å²) >= 11 is 0. The monoisotopic (exact) mass is 273 g/mol. The average molecular weight is 273 g/mol. The minimum Gasteiger partial charge on any atom is -0.399 e. The van der Waals surface area contributed by atoms with Crippen LogP contribution in [0.4, 0.5) is 13.2 Å². The zero-order valence-corrected chi connectivity index (χ0v) is 11.4. The molecule has 6 heteroatoms. The number of rotatable bonds is 3. The van der Waals surface area contributed by atoms with Crippen LogP contribution in [-0.4, -0.2) is 8.32 Å². The fourth-order valence-electron chi connectivity index (χ4n) is 1.50. The lowest BCUT2D eigenvalue weighted by Gasteiger charge is -2.24. The molecule has 1 aromatic carbocycles. The summed E-state index contributed by atoms with van der Waals surface area (Å²) in [5.41, 5.74) is -0.926. The van der Waals surface area contributed by atoms with Gasteiger partial charge >= 0.3 is 6.18 Å². The van der Waals surface area contributed by atoms with Gasteiger partial charge in [0.15, 0.2) is 14.4 Å². The highest BCUT2D eigenvalue weighted by Crippen LogP contribution is 2.36. The number of benzene rings is 1. The van der Waals surface area contributed by atoms with Crippen molar-refractivity contribution in [2.45, 2.75) is 31.9 Å². The number of nitrogens with zero attached hydrogens (tertiary/aromatic N) is 1. The van der Waals surface area contributed by atoms with E-state index in [-0.39, 0.29) is 5.56 Å². The first kappa shape index (κ1) is 14.7. The minimum absolute atomic E-state index is 0.116. The molecule has 0 aliphatic carbocycles. The van der Waals surface area contributed by atoms with Crippen molar-refractivity contribution in [2.75, 3.05) is 0 Å². The Kier molecular flexibility index (Phi) is 4.19.